The second-order valence-corrected chi connectivity index (χ2v) is 4.81. The maximum atomic E-state index is 5.63. The lowest BCUT2D eigenvalue weighted by Gasteiger charge is -2.15. The van der Waals surface area contributed by atoms with E-state index in [9.17, 15) is 0 Å². The van der Waals surface area contributed by atoms with Gasteiger partial charge in [-0.3, -0.25) is 0 Å². The second kappa shape index (κ2) is 4.96. The fourth-order valence-electron chi connectivity index (χ4n) is 0.675. The SMILES string of the molecule is CC(C)=CN(N)C[C@@H](C)I. The molecule has 60 valence electrons. The van der Waals surface area contributed by atoms with Crippen LogP contribution >= 0.6 is 22.6 Å². The Morgan fingerprint density at radius 3 is 2.50 bits per heavy atom. The third kappa shape index (κ3) is 6.35. The summed E-state index contributed by atoms with van der Waals surface area (Å²) in [6.07, 6.45) is 1.95. The lowest BCUT2D eigenvalue weighted by molar-refractivity contribution is 0.399. The molecule has 10 heavy (non-hydrogen) atoms. The highest BCUT2D eigenvalue weighted by atomic mass is 127. The Morgan fingerprint density at radius 1 is 1.70 bits per heavy atom. The lowest BCUT2D eigenvalue weighted by atomic mass is 10.4. The Morgan fingerprint density at radius 2 is 2.20 bits per heavy atom. The topological polar surface area (TPSA) is 29.3 Å². The first-order valence-corrected chi connectivity index (χ1v) is 4.57. The number of hydrazine groups is 1. The quantitative estimate of drug-likeness (QED) is 0.361. The predicted octanol–water partition coefficient (Wildman–Crippen LogP) is 1.91. The van der Waals surface area contributed by atoms with Crippen LogP contribution in [0.1, 0.15) is 20.8 Å². The number of hydrogen-bond donors (Lipinski definition) is 1. The largest absolute Gasteiger partial charge is 0.317 e. The van der Waals surface area contributed by atoms with Crippen LogP contribution in [0.4, 0.5) is 0 Å². The predicted molar refractivity (Wildman–Crippen MR) is 53.8 cm³/mol. The zero-order valence-corrected chi connectivity index (χ0v) is 8.92. The Bertz CT molecular complexity index is 117. The van der Waals surface area contributed by atoms with Gasteiger partial charge in [0.15, 0.2) is 0 Å². The Kier molecular flexibility index (Phi) is 5.07. The first-order chi connectivity index (χ1) is 4.52. The average molecular weight is 254 g/mol. The standard InChI is InChI=1S/C7H15IN2/c1-6(2)4-10(9)5-7(3)8/h4,7H,5,9H2,1-3H3/t7-/m1/s1. The maximum absolute atomic E-state index is 5.63. The van der Waals surface area contributed by atoms with Crippen molar-refractivity contribution < 1.29 is 0 Å². The minimum Gasteiger partial charge on any atom is -0.317 e. The van der Waals surface area contributed by atoms with Gasteiger partial charge in [-0.25, -0.2) is 5.84 Å². The second-order valence-electron chi connectivity index (χ2n) is 2.68. The number of nitrogens with two attached hydrogens (primary N) is 1. The molecule has 0 aliphatic carbocycles. The molecule has 2 nitrogen and oxygen atoms in total. The van der Waals surface area contributed by atoms with Crippen LogP contribution in [-0.2, 0) is 0 Å². The van der Waals surface area contributed by atoms with Crippen molar-refractivity contribution in [2.75, 3.05) is 6.54 Å². The number of halogens is 1. The number of allylic oxidation sites excluding steroid dienone is 1. The van der Waals surface area contributed by atoms with Gasteiger partial charge in [0.05, 0.1) is 0 Å². The van der Waals surface area contributed by atoms with E-state index >= 15 is 0 Å². The summed E-state index contributed by atoms with van der Waals surface area (Å²) in [5.74, 6) is 5.63. The Balaban J connectivity index is 3.64. The molecule has 0 aliphatic rings. The van der Waals surface area contributed by atoms with Gasteiger partial charge in [-0.15, -0.1) is 0 Å². The first-order valence-electron chi connectivity index (χ1n) is 3.33. The third-order valence-corrected chi connectivity index (χ3v) is 1.28. The Labute approximate surface area is 76.6 Å². The molecule has 0 fully saturated rings. The molecular weight excluding hydrogens is 239 g/mol. The van der Waals surface area contributed by atoms with E-state index in [1.807, 2.05) is 20.0 Å². The van der Waals surface area contributed by atoms with Crippen molar-refractivity contribution in [1.82, 2.24) is 5.01 Å². The highest BCUT2D eigenvalue weighted by Crippen LogP contribution is 2.00. The summed E-state index contributed by atoms with van der Waals surface area (Å²) in [5.41, 5.74) is 1.24. The van der Waals surface area contributed by atoms with Crippen molar-refractivity contribution in [3.8, 4) is 0 Å². The van der Waals surface area contributed by atoms with Gasteiger partial charge in [0.2, 0.25) is 0 Å². The third-order valence-electron chi connectivity index (χ3n) is 0.886. The van der Waals surface area contributed by atoms with Crippen molar-refractivity contribution in [2.45, 2.75) is 24.7 Å². The molecule has 0 aromatic rings. The van der Waals surface area contributed by atoms with Crippen LogP contribution in [0.2, 0.25) is 0 Å². The number of nitrogens with zero attached hydrogens (tertiary/aromatic N) is 1. The van der Waals surface area contributed by atoms with Gasteiger partial charge in [0.25, 0.3) is 0 Å². The van der Waals surface area contributed by atoms with Crippen LogP contribution < -0.4 is 5.84 Å². The fraction of sp³-hybridized carbons (Fsp3) is 0.714. The molecule has 0 aromatic heterocycles. The highest BCUT2D eigenvalue weighted by Gasteiger charge is 1.97. The summed E-state index contributed by atoms with van der Waals surface area (Å²) in [6, 6.07) is 0. The van der Waals surface area contributed by atoms with Crippen molar-refractivity contribution in [3.63, 3.8) is 0 Å². The van der Waals surface area contributed by atoms with Gasteiger partial charge in [0, 0.05) is 16.7 Å². The van der Waals surface area contributed by atoms with Crippen LogP contribution in [-0.4, -0.2) is 15.5 Å². The molecule has 3 heteroatoms. The van der Waals surface area contributed by atoms with Crippen LogP contribution in [0, 0.1) is 0 Å². The highest BCUT2D eigenvalue weighted by molar-refractivity contribution is 14.1. The van der Waals surface area contributed by atoms with Crippen molar-refractivity contribution in [3.05, 3.63) is 11.8 Å². The molecule has 0 bridgehead atoms. The minimum absolute atomic E-state index is 0.596. The fourth-order valence-corrected chi connectivity index (χ4v) is 1.13. The molecule has 0 aliphatic heterocycles. The normalized spacial score (nSPS) is 12.5. The molecule has 0 aromatic carbocycles. The van der Waals surface area contributed by atoms with Crippen LogP contribution in [0.3, 0.4) is 0 Å². The van der Waals surface area contributed by atoms with E-state index in [2.05, 4.69) is 29.5 Å². The van der Waals surface area contributed by atoms with E-state index in [1.54, 1.807) is 5.01 Å². The van der Waals surface area contributed by atoms with Gasteiger partial charge in [-0.2, -0.15) is 0 Å². The van der Waals surface area contributed by atoms with Crippen LogP contribution in [0.5, 0.6) is 0 Å². The number of hydrogen-bond acceptors (Lipinski definition) is 2. The zero-order chi connectivity index (χ0) is 8.15. The average Bonchev–Trinajstić information content (AvgIpc) is 1.58. The zero-order valence-electron chi connectivity index (χ0n) is 6.76. The van der Waals surface area contributed by atoms with E-state index in [0.29, 0.717) is 3.92 Å². The van der Waals surface area contributed by atoms with E-state index < -0.39 is 0 Å². The monoisotopic (exact) mass is 254 g/mol. The summed E-state index contributed by atoms with van der Waals surface area (Å²) in [7, 11) is 0. The van der Waals surface area contributed by atoms with Crippen molar-refractivity contribution >= 4 is 22.6 Å². The first kappa shape index (κ1) is 10.2. The smallest absolute Gasteiger partial charge is 0.0450 e. The van der Waals surface area contributed by atoms with Gasteiger partial charge >= 0.3 is 0 Å². The maximum Gasteiger partial charge on any atom is 0.0450 e. The molecular formula is C7H15IN2. The van der Waals surface area contributed by atoms with Gasteiger partial charge in [0.1, 0.15) is 0 Å². The summed E-state index contributed by atoms with van der Waals surface area (Å²) in [5, 5.41) is 1.73. The van der Waals surface area contributed by atoms with Gasteiger partial charge < -0.3 is 5.01 Å². The number of alkyl halides is 1. The van der Waals surface area contributed by atoms with Gasteiger partial charge in [-0.05, 0) is 13.8 Å². The van der Waals surface area contributed by atoms with E-state index in [-0.39, 0.29) is 0 Å². The molecule has 2 N–H and O–H groups in total. The summed E-state index contributed by atoms with van der Waals surface area (Å²) >= 11 is 2.35. The lowest BCUT2D eigenvalue weighted by Crippen LogP contribution is -2.30. The number of rotatable bonds is 3. The molecule has 0 saturated heterocycles. The van der Waals surface area contributed by atoms with Crippen molar-refractivity contribution in [2.24, 2.45) is 5.84 Å². The molecule has 0 unspecified atom stereocenters. The summed E-state index contributed by atoms with van der Waals surface area (Å²) in [4.78, 5) is 0. The molecule has 0 amide bonds. The molecule has 0 heterocycles. The van der Waals surface area contributed by atoms with Crippen LogP contribution in [0.15, 0.2) is 11.8 Å². The molecule has 1 atom stereocenters. The molecule has 0 rings (SSSR count). The summed E-state index contributed by atoms with van der Waals surface area (Å²) < 4.78 is 0.596. The molecule has 0 saturated carbocycles. The summed E-state index contributed by atoms with van der Waals surface area (Å²) in [6.45, 7) is 7.13. The van der Waals surface area contributed by atoms with E-state index in [1.165, 1.54) is 5.57 Å². The molecule has 0 radical (unpaired) electrons. The van der Waals surface area contributed by atoms with Crippen molar-refractivity contribution in [1.29, 1.82) is 0 Å². The van der Waals surface area contributed by atoms with Crippen LogP contribution in [0.25, 0.3) is 0 Å². The Hall–Kier alpha value is 0.230. The van der Waals surface area contributed by atoms with E-state index in [0.717, 1.165) is 6.54 Å². The molecule has 0 spiro atoms. The van der Waals surface area contributed by atoms with Gasteiger partial charge in [-0.1, -0.05) is 35.1 Å². The van der Waals surface area contributed by atoms with E-state index in [4.69, 9.17) is 5.84 Å². The minimum atomic E-state index is 0.596.